The molecule has 1 atom stereocenters. The number of aliphatic hydroxyl groups is 1. The summed E-state index contributed by atoms with van der Waals surface area (Å²) in [6, 6.07) is 0. The van der Waals surface area contributed by atoms with Gasteiger partial charge < -0.3 is 5.11 Å². The lowest BCUT2D eigenvalue weighted by Crippen LogP contribution is -1.96. The molecule has 0 aromatic heterocycles. The van der Waals surface area contributed by atoms with E-state index >= 15 is 0 Å². The summed E-state index contributed by atoms with van der Waals surface area (Å²) in [5.74, 6) is 0. The first-order valence-electron chi connectivity index (χ1n) is 3.57. The van der Waals surface area contributed by atoms with Crippen LogP contribution >= 0.6 is 58.0 Å². The monoisotopic (exact) mass is 292 g/mol. The fourth-order valence-corrected chi connectivity index (χ4v) is 2.46. The summed E-state index contributed by atoms with van der Waals surface area (Å²) in [5, 5.41) is 9.93. The Bertz CT molecular complexity index is 345. The zero-order valence-corrected chi connectivity index (χ0v) is 10.7. The van der Waals surface area contributed by atoms with Crippen LogP contribution in [0.5, 0.6) is 0 Å². The van der Waals surface area contributed by atoms with Gasteiger partial charge in [-0.25, -0.2) is 0 Å². The first kappa shape index (κ1) is 12.7. The van der Waals surface area contributed by atoms with Gasteiger partial charge >= 0.3 is 0 Å². The summed E-state index contributed by atoms with van der Waals surface area (Å²) in [6.07, 6.45) is -0.859. The van der Waals surface area contributed by atoms with Crippen molar-refractivity contribution in [2.24, 2.45) is 0 Å². The van der Waals surface area contributed by atoms with E-state index in [4.69, 9.17) is 58.0 Å². The van der Waals surface area contributed by atoms with Gasteiger partial charge in [-0.05, 0) is 6.92 Å². The molecule has 0 unspecified atom stereocenters. The van der Waals surface area contributed by atoms with Gasteiger partial charge in [0.25, 0.3) is 0 Å². The van der Waals surface area contributed by atoms with E-state index in [2.05, 4.69) is 0 Å². The molecular formula is C8H5Cl5O. The topological polar surface area (TPSA) is 20.2 Å². The molecular weight excluding hydrogens is 289 g/mol. The maximum absolute atomic E-state index is 9.40. The molecule has 1 N–H and O–H groups in total. The zero-order chi connectivity index (χ0) is 11.0. The fraction of sp³-hybridized carbons (Fsp3) is 0.250. The standard InChI is InChI=1S/C8H5Cl5O/c1-2(14)3-4(9)6(11)8(13)7(12)5(3)10/h2,14H,1H3/t2-/m1/s1. The normalized spacial score (nSPS) is 13.1. The molecule has 0 aliphatic carbocycles. The minimum Gasteiger partial charge on any atom is -0.389 e. The van der Waals surface area contributed by atoms with E-state index in [-0.39, 0.29) is 30.7 Å². The van der Waals surface area contributed by atoms with Gasteiger partial charge in [-0.15, -0.1) is 0 Å². The first-order valence-corrected chi connectivity index (χ1v) is 5.46. The Morgan fingerprint density at radius 1 is 0.786 bits per heavy atom. The average molecular weight is 294 g/mol. The molecule has 1 nitrogen and oxygen atoms in total. The van der Waals surface area contributed by atoms with E-state index in [9.17, 15) is 5.11 Å². The summed E-state index contributed by atoms with van der Waals surface area (Å²) in [4.78, 5) is 0. The van der Waals surface area contributed by atoms with E-state index in [0.717, 1.165) is 0 Å². The second-order valence-electron chi connectivity index (χ2n) is 2.66. The van der Waals surface area contributed by atoms with Gasteiger partial charge in [0.1, 0.15) is 0 Å². The maximum atomic E-state index is 9.40. The first-order chi connectivity index (χ1) is 6.37. The minimum absolute atomic E-state index is 0.0905. The highest BCUT2D eigenvalue weighted by molar-refractivity contribution is 6.55. The van der Waals surface area contributed by atoms with Gasteiger partial charge in [0, 0.05) is 5.56 Å². The molecule has 0 bridgehead atoms. The summed E-state index contributed by atoms with van der Waals surface area (Å²) in [6.45, 7) is 1.51. The van der Waals surface area contributed by atoms with Crippen LogP contribution in [0, 0.1) is 0 Å². The van der Waals surface area contributed by atoms with Crippen molar-refractivity contribution < 1.29 is 5.11 Å². The second-order valence-corrected chi connectivity index (χ2v) is 4.55. The SMILES string of the molecule is C[C@@H](O)c1c(Cl)c(Cl)c(Cl)c(Cl)c1Cl. The molecule has 0 saturated heterocycles. The average Bonchev–Trinajstić information content (AvgIpc) is 2.11. The Hall–Kier alpha value is 0.630. The second kappa shape index (κ2) is 4.65. The van der Waals surface area contributed by atoms with Crippen LogP contribution in [0.15, 0.2) is 0 Å². The van der Waals surface area contributed by atoms with Crippen LogP contribution in [0.2, 0.25) is 25.1 Å². The Kier molecular flexibility index (Phi) is 4.22. The molecule has 1 aromatic rings. The molecule has 78 valence electrons. The van der Waals surface area contributed by atoms with Crippen molar-refractivity contribution in [2.45, 2.75) is 13.0 Å². The van der Waals surface area contributed by atoms with Crippen molar-refractivity contribution in [3.8, 4) is 0 Å². The van der Waals surface area contributed by atoms with Gasteiger partial charge in [0.2, 0.25) is 0 Å². The highest BCUT2D eigenvalue weighted by Gasteiger charge is 2.21. The van der Waals surface area contributed by atoms with Gasteiger partial charge in [-0.3, -0.25) is 0 Å². The van der Waals surface area contributed by atoms with Crippen LogP contribution < -0.4 is 0 Å². The maximum Gasteiger partial charge on any atom is 0.0809 e. The molecule has 0 heterocycles. The molecule has 0 saturated carbocycles. The third kappa shape index (κ3) is 2.08. The predicted octanol–water partition coefficient (Wildman–Crippen LogP) is 5.01. The quantitative estimate of drug-likeness (QED) is 0.570. The van der Waals surface area contributed by atoms with Crippen molar-refractivity contribution in [1.29, 1.82) is 0 Å². The van der Waals surface area contributed by atoms with Crippen molar-refractivity contribution in [1.82, 2.24) is 0 Å². The van der Waals surface area contributed by atoms with Crippen LogP contribution in [-0.4, -0.2) is 5.11 Å². The van der Waals surface area contributed by atoms with E-state index in [1.165, 1.54) is 6.92 Å². The molecule has 0 radical (unpaired) electrons. The molecule has 1 rings (SSSR count). The van der Waals surface area contributed by atoms with Gasteiger partial charge in [-0.1, -0.05) is 58.0 Å². The molecule has 6 heteroatoms. The number of halogens is 5. The molecule has 0 aliphatic heterocycles. The van der Waals surface area contributed by atoms with Crippen LogP contribution in [0.3, 0.4) is 0 Å². The third-order valence-electron chi connectivity index (χ3n) is 1.66. The Labute approximate surface area is 106 Å². The van der Waals surface area contributed by atoms with E-state index in [1.807, 2.05) is 0 Å². The molecule has 0 aliphatic rings. The van der Waals surface area contributed by atoms with Crippen molar-refractivity contribution in [3.05, 3.63) is 30.7 Å². The van der Waals surface area contributed by atoms with Gasteiger partial charge in [0.05, 0.1) is 31.2 Å². The number of hydrogen-bond acceptors (Lipinski definition) is 1. The van der Waals surface area contributed by atoms with E-state index in [0.29, 0.717) is 0 Å². The molecule has 1 aromatic carbocycles. The predicted molar refractivity (Wildman–Crippen MR) is 62.1 cm³/mol. The molecule has 0 fully saturated rings. The Morgan fingerprint density at radius 2 is 1.07 bits per heavy atom. The number of hydrogen-bond donors (Lipinski definition) is 1. The summed E-state index contributed by atoms with van der Waals surface area (Å²) >= 11 is 29.0. The Balaban J connectivity index is 3.60. The Morgan fingerprint density at radius 3 is 1.36 bits per heavy atom. The van der Waals surface area contributed by atoms with Crippen LogP contribution in [0.25, 0.3) is 0 Å². The van der Waals surface area contributed by atoms with Gasteiger partial charge in [0.15, 0.2) is 0 Å². The van der Waals surface area contributed by atoms with Crippen LogP contribution in [0.4, 0.5) is 0 Å². The lowest BCUT2D eigenvalue weighted by atomic mass is 10.1. The van der Waals surface area contributed by atoms with Crippen molar-refractivity contribution in [2.75, 3.05) is 0 Å². The van der Waals surface area contributed by atoms with E-state index < -0.39 is 6.10 Å². The van der Waals surface area contributed by atoms with Gasteiger partial charge in [-0.2, -0.15) is 0 Å². The van der Waals surface area contributed by atoms with Crippen LogP contribution in [-0.2, 0) is 0 Å². The number of rotatable bonds is 1. The summed E-state index contributed by atoms with van der Waals surface area (Å²) in [5.41, 5.74) is 0.285. The highest BCUT2D eigenvalue weighted by atomic mass is 35.5. The third-order valence-corrected chi connectivity index (χ3v) is 3.97. The molecule has 14 heavy (non-hydrogen) atoms. The smallest absolute Gasteiger partial charge is 0.0809 e. The number of benzene rings is 1. The highest BCUT2D eigenvalue weighted by Crippen LogP contribution is 2.45. The van der Waals surface area contributed by atoms with Crippen molar-refractivity contribution >= 4 is 58.0 Å². The summed E-state index contributed by atoms with van der Waals surface area (Å²) < 4.78 is 0. The largest absolute Gasteiger partial charge is 0.389 e. The number of aliphatic hydroxyl groups excluding tert-OH is 1. The fourth-order valence-electron chi connectivity index (χ4n) is 0.989. The zero-order valence-electron chi connectivity index (χ0n) is 6.91. The molecule has 0 spiro atoms. The lowest BCUT2D eigenvalue weighted by molar-refractivity contribution is 0.199. The van der Waals surface area contributed by atoms with E-state index in [1.54, 1.807) is 0 Å². The van der Waals surface area contributed by atoms with Crippen molar-refractivity contribution in [3.63, 3.8) is 0 Å². The minimum atomic E-state index is -0.859. The van der Waals surface area contributed by atoms with Crippen LogP contribution in [0.1, 0.15) is 18.6 Å². The molecule has 0 amide bonds. The lowest BCUT2D eigenvalue weighted by Gasteiger charge is -2.14. The summed E-state index contributed by atoms with van der Waals surface area (Å²) in [7, 11) is 0.